The van der Waals surface area contributed by atoms with Crippen molar-refractivity contribution in [3.63, 3.8) is 0 Å². The van der Waals surface area contributed by atoms with Gasteiger partial charge in [0, 0.05) is 13.2 Å². The van der Waals surface area contributed by atoms with E-state index in [4.69, 9.17) is 23.7 Å². The number of hydrogen-bond donors (Lipinski definition) is 1. The number of unbranched alkanes of at least 4 members (excludes halogenated alkanes) is 2. The fraction of sp³-hybridized carbons (Fsp3) is 1.00. The highest BCUT2D eigenvalue weighted by Gasteiger charge is 2.69. The van der Waals surface area contributed by atoms with E-state index in [0.29, 0.717) is 12.8 Å². The Hall–Kier alpha value is -0.450. The summed E-state index contributed by atoms with van der Waals surface area (Å²) in [5.74, 6) is -1.01. The van der Waals surface area contributed by atoms with E-state index in [1.165, 1.54) is 0 Å². The monoisotopic (exact) mass is 400 g/mol. The topological polar surface area (TPSA) is 66.4 Å². The first kappa shape index (κ1) is 22.8. The van der Waals surface area contributed by atoms with Crippen molar-refractivity contribution in [3.05, 3.63) is 0 Å². The highest BCUT2D eigenvalue weighted by Crippen LogP contribution is 2.48. The molecule has 0 bridgehead atoms. The average molecular weight is 400 g/mol. The molecular formula is C18H31F3O6. The van der Waals surface area contributed by atoms with Crippen LogP contribution < -0.4 is 0 Å². The average Bonchev–Trinajstić information content (AvgIpc) is 3.00. The molecule has 0 aromatic rings. The molecule has 0 aliphatic carbocycles. The fourth-order valence-corrected chi connectivity index (χ4v) is 3.38. The summed E-state index contributed by atoms with van der Waals surface area (Å²) in [7, 11) is 0. The molecular weight excluding hydrogens is 369 g/mol. The van der Waals surface area contributed by atoms with Crippen LogP contribution in [0, 0.1) is 0 Å². The van der Waals surface area contributed by atoms with Gasteiger partial charge in [-0.3, -0.25) is 0 Å². The van der Waals surface area contributed by atoms with E-state index in [2.05, 4.69) is 0 Å². The van der Waals surface area contributed by atoms with Gasteiger partial charge in [0.25, 0.3) is 0 Å². The number of rotatable bonds is 10. The van der Waals surface area contributed by atoms with Gasteiger partial charge in [0.15, 0.2) is 23.8 Å². The van der Waals surface area contributed by atoms with Gasteiger partial charge in [0.1, 0.15) is 12.2 Å². The van der Waals surface area contributed by atoms with Gasteiger partial charge < -0.3 is 28.8 Å². The van der Waals surface area contributed by atoms with Crippen LogP contribution in [0.4, 0.5) is 13.2 Å². The van der Waals surface area contributed by atoms with Crippen LogP contribution in [0.2, 0.25) is 0 Å². The third-order valence-corrected chi connectivity index (χ3v) is 4.74. The molecule has 27 heavy (non-hydrogen) atoms. The van der Waals surface area contributed by atoms with Crippen LogP contribution in [-0.4, -0.2) is 67.1 Å². The lowest BCUT2D eigenvalue weighted by Crippen LogP contribution is -2.62. The summed E-state index contributed by atoms with van der Waals surface area (Å²) in [4.78, 5) is 0. The summed E-state index contributed by atoms with van der Waals surface area (Å²) in [5, 5.41) is 10.2. The molecule has 0 saturated carbocycles. The Balaban J connectivity index is 2.29. The molecule has 1 unspecified atom stereocenters. The molecule has 0 aromatic carbocycles. The van der Waals surface area contributed by atoms with Crippen LogP contribution in [0.3, 0.4) is 0 Å². The van der Waals surface area contributed by atoms with E-state index in [1.807, 2.05) is 13.8 Å². The zero-order chi connectivity index (χ0) is 20.3. The summed E-state index contributed by atoms with van der Waals surface area (Å²) < 4.78 is 68.7. The van der Waals surface area contributed by atoms with Crippen molar-refractivity contribution in [2.24, 2.45) is 0 Å². The number of ether oxygens (including phenoxy) is 5. The first-order valence-electron chi connectivity index (χ1n) is 9.55. The lowest BCUT2D eigenvalue weighted by atomic mass is 9.89. The Bertz CT molecular complexity index is 473. The van der Waals surface area contributed by atoms with Gasteiger partial charge in [-0.2, -0.15) is 13.2 Å². The van der Waals surface area contributed by atoms with Crippen molar-refractivity contribution in [2.75, 3.05) is 19.8 Å². The second-order valence-corrected chi connectivity index (χ2v) is 7.54. The minimum Gasteiger partial charge on any atom is -0.381 e. The second-order valence-electron chi connectivity index (χ2n) is 7.54. The summed E-state index contributed by atoms with van der Waals surface area (Å²) in [6.45, 7) is 7.20. The first-order chi connectivity index (χ1) is 12.6. The zero-order valence-corrected chi connectivity index (χ0v) is 16.4. The van der Waals surface area contributed by atoms with E-state index in [9.17, 15) is 18.3 Å². The standard InChI is InChI=1S/C18H31F3O6/c1-5-7-9-23-11-17(15(22)18(19,20)21)13(24-10-8-6-2)12-14(27-17)26-16(3,4)25-12/h12-15,22H,5-11H2,1-4H3/t12-,13+,14+,15?,17-/m1/s1. The van der Waals surface area contributed by atoms with E-state index < -0.39 is 48.8 Å². The molecule has 2 fully saturated rings. The molecule has 1 N–H and O–H groups in total. The number of aliphatic hydroxyl groups excluding tert-OH is 1. The van der Waals surface area contributed by atoms with Gasteiger partial charge >= 0.3 is 6.18 Å². The largest absolute Gasteiger partial charge is 0.417 e. The molecule has 0 radical (unpaired) electrons. The predicted molar refractivity (Wildman–Crippen MR) is 90.1 cm³/mol. The lowest BCUT2D eigenvalue weighted by molar-refractivity contribution is -0.319. The van der Waals surface area contributed by atoms with Crippen LogP contribution >= 0.6 is 0 Å². The van der Waals surface area contributed by atoms with Gasteiger partial charge in [-0.15, -0.1) is 0 Å². The molecule has 6 nitrogen and oxygen atoms in total. The minimum absolute atomic E-state index is 0.221. The van der Waals surface area contributed by atoms with E-state index in [1.54, 1.807) is 13.8 Å². The maximum absolute atomic E-state index is 13.5. The van der Waals surface area contributed by atoms with Gasteiger partial charge in [0.2, 0.25) is 0 Å². The predicted octanol–water partition coefficient (Wildman–Crippen LogP) is 3.16. The van der Waals surface area contributed by atoms with Crippen molar-refractivity contribution in [2.45, 2.75) is 95.5 Å². The maximum atomic E-state index is 13.5. The third-order valence-electron chi connectivity index (χ3n) is 4.74. The summed E-state index contributed by atoms with van der Waals surface area (Å²) in [5.41, 5.74) is -2.15. The number of halogens is 3. The van der Waals surface area contributed by atoms with Crippen LogP contribution in [0.5, 0.6) is 0 Å². The smallest absolute Gasteiger partial charge is 0.381 e. The Morgan fingerprint density at radius 1 is 1.04 bits per heavy atom. The Morgan fingerprint density at radius 2 is 1.67 bits per heavy atom. The summed E-state index contributed by atoms with van der Waals surface area (Å²) in [6.07, 6.45) is -7.84. The van der Waals surface area contributed by atoms with E-state index in [-0.39, 0.29) is 13.2 Å². The van der Waals surface area contributed by atoms with Crippen molar-refractivity contribution in [1.29, 1.82) is 0 Å². The molecule has 9 heteroatoms. The maximum Gasteiger partial charge on any atom is 0.417 e. The van der Waals surface area contributed by atoms with E-state index in [0.717, 1.165) is 12.8 Å². The number of hydrogen-bond acceptors (Lipinski definition) is 6. The minimum atomic E-state index is -4.91. The quantitative estimate of drug-likeness (QED) is 0.569. The van der Waals surface area contributed by atoms with Crippen LogP contribution in [0.1, 0.15) is 53.4 Å². The molecule has 2 saturated heterocycles. The molecule has 5 atom stereocenters. The normalized spacial score (nSPS) is 34.0. The Kier molecular flexibility index (Phi) is 7.54. The van der Waals surface area contributed by atoms with Crippen LogP contribution in [-0.2, 0) is 23.7 Å². The van der Waals surface area contributed by atoms with Crippen LogP contribution in [0.25, 0.3) is 0 Å². The highest BCUT2D eigenvalue weighted by molar-refractivity contribution is 5.09. The summed E-state index contributed by atoms with van der Waals surface area (Å²) in [6, 6.07) is 0. The van der Waals surface area contributed by atoms with Crippen molar-refractivity contribution >= 4 is 0 Å². The van der Waals surface area contributed by atoms with Gasteiger partial charge in [-0.25, -0.2) is 0 Å². The highest BCUT2D eigenvalue weighted by atomic mass is 19.4. The molecule has 2 rings (SSSR count). The number of aliphatic hydroxyl groups is 1. The molecule has 2 aliphatic rings. The molecule has 0 amide bonds. The molecule has 2 aliphatic heterocycles. The molecule has 160 valence electrons. The van der Waals surface area contributed by atoms with Crippen LogP contribution in [0.15, 0.2) is 0 Å². The van der Waals surface area contributed by atoms with E-state index >= 15 is 0 Å². The Labute approximate surface area is 158 Å². The Morgan fingerprint density at radius 3 is 2.26 bits per heavy atom. The molecule has 2 heterocycles. The number of alkyl halides is 3. The fourth-order valence-electron chi connectivity index (χ4n) is 3.38. The SMILES string of the molecule is CCCCOC[C@@]1(C(O)C(F)(F)F)O[C@@H]2OC(C)(C)O[C@@H]2[C@@H]1OCCCC. The third kappa shape index (κ3) is 5.13. The van der Waals surface area contributed by atoms with Gasteiger partial charge in [0.05, 0.1) is 6.61 Å². The van der Waals surface area contributed by atoms with Crippen molar-refractivity contribution < 1.29 is 42.0 Å². The summed E-state index contributed by atoms with van der Waals surface area (Å²) >= 11 is 0. The number of fused-ring (bicyclic) bond motifs is 1. The zero-order valence-electron chi connectivity index (χ0n) is 16.4. The van der Waals surface area contributed by atoms with Gasteiger partial charge in [-0.1, -0.05) is 26.7 Å². The van der Waals surface area contributed by atoms with Gasteiger partial charge in [-0.05, 0) is 26.7 Å². The lowest BCUT2D eigenvalue weighted by Gasteiger charge is -2.40. The van der Waals surface area contributed by atoms with Crippen molar-refractivity contribution in [3.8, 4) is 0 Å². The van der Waals surface area contributed by atoms with Crippen molar-refractivity contribution in [1.82, 2.24) is 0 Å². The second kappa shape index (κ2) is 8.92. The molecule has 0 aromatic heterocycles. The first-order valence-corrected chi connectivity index (χ1v) is 9.55. The molecule has 0 spiro atoms.